The molecule has 3 nitrogen and oxygen atoms in total. The third-order valence-electron chi connectivity index (χ3n) is 3.58. The van der Waals surface area contributed by atoms with E-state index in [1.165, 1.54) is 22.5 Å². The lowest BCUT2D eigenvalue weighted by Gasteiger charge is -2.03. The minimum atomic E-state index is 0.0530. The number of carbonyl (C=O) groups excluding carboxylic acids is 1. The maximum Gasteiger partial charge on any atom is 0.226 e. The summed E-state index contributed by atoms with van der Waals surface area (Å²) >= 11 is 1.54. The topological polar surface area (TPSA) is 42.0 Å². The van der Waals surface area contributed by atoms with Gasteiger partial charge in [-0.3, -0.25) is 4.79 Å². The van der Waals surface area contributed by atoms with Gasteiger partial charge in [-0.2, -0.15) is 0 Å². The molecule has 21 heavy (non-hydrogen) atoms. The SMILES string of the molecule is CCCCC(=O)Nc1nc(-c2ccc(C)c(C)c2)c(C)s1. The quantitative estimate of drug-likeness (QED) is 0.856. The number of nitrogens with one attached hydrogen (secondary N) is 1. The molecule has 0 saturated carbocycles. The fraction of sp³-hybridized carbons (Fsp3) is 0.412. The molecule has 0 aliphatic carbocycles. The highest BCUT2D eigenvalue weighted by atomic mass is 32.1. The molecule has 0 aliphatic rings. The van der Waals surface area contributed by atoms with Gasteiger partial charge in [-0.25, -0.2) is 4.98 Å². The molecule has 0 fully saturated rings. The van der Waals surface area contributed by atoms with Crippen LogP contribution in [0.3, 0.4) is 0 Å². The minimum absolute atomic E-state index is 0.0530. The number of hydrogen-bond acceptors (Lipinski definition) is 3. The van der Waals surface area contributed by atoms with Gasteiger partial charge in [0.05, 0.1) is 5.69 Å². The predicted octanol–water partition coefficient (Wildman–Crippen LogP) is 4.86. The highest BCUT2D eigenvalue weighted by Gasteiger charge is 2.12. The van der Waals surface area contributed by atoms with Crippen molar-refractivity contribution in [2.45, 2.75) is 47.0 Å². The van der Waals surface area contributed by atoms with E-state index in [-0.39, 0.29) is 5.91 Å². The van der Waals surface area contributed by atoms with Gasteiger partial charge in [-0.05, 0) is 44.4 Å². The number of aryl methyl sites for hydroxylation is 3. The van der Waals surface area contributed by atoms with Crippen molar-refractivity contribution in [2.24, 2.45) is 0 Å². The van der Waals surface area contributed by atoms with Crippen molar-refractivity contribution in [1.29, 1.82) is 0 Å². The Hall–Kier alpha value is -1.68. The molecule has 4 heteroatoms. The van der Waals surface area contributed by atoms with Crippen LogP contribution in [-0.2, 0) is 4.79 Å². The summed E-state index contributed by atoms with van der Waals surface area (Å²) < 4.78 is 0. The van der Waals surface area contributed by atoms with Crippen LogP contribution < -0.4 is 5.32 Å². The molecule has 1 heterocycles. The number of amides is 1. The summed E-state index contributed by atoms with van der Waals surface area (Å²) in [6.45, 7) is 8.34. The van der Waals surface area contributed by atoms with Crippen LogP contribution in [0.1, 0.15) is 42.2 Å². The van der Waals surface area contributed by atoms with Gasteiger partial charge in [0.15, 0.2) is 5.13 Å². The molecule has 0 atom stereocenters. The van der Waals surface area contributed by atoms with Gasteiger partial charge in [0, 0.05) is 16.9 Å². The lowest BCUT2D eigenvalue weighted by atomic mass is 10.0. The van der Waals surface area contributed by atoms with Gasteiger partial charge in [0.1, 0.15) is 0 Å². The van der Waals surface area contributed by atoms with Crippen LogP contribution in [-0.4, -0.2) is 10.9 Å². The summed E-state index contributed by atoms with van der Waals surface area (Å²) in [5.41, 5.74) is 4.61. The van der Waals surface area contributed by atoms with E-state index in [0.717, 1.165) is 29.0 Å². The van der Waals surface area contributed by atoms with Gasteiger partial charge < -0.3 is 5.32 Å². The summed E-state index contributed by atoms with van der Waals surface area (Å²) in [6, 6.07) is 6.36. The fourth-order valence-corrected chi connectivity index (χ4v) is 2.98. The Bertz CT molecular complexity index is 646. The summed E-state index contributed by atoms with van der Waals surface area (Å²) in [6.07, 6.45) is 2.51. The molecule has 1 amide bonds. The molecular formula is C17H22N2OS. The van der Waals surface area contributed by atoms with Crippen molar-refractivity contribution in [1.82, 2.24) is 4.98 Å². The zero-order chi connectivity index (χ0) is 15.4. The van der Waals surface area contributed by atoms with Crippen molar-refractivity contribution >= 4 is 22.4 Å². The lowest BCUT2D eigenvalue weighted by Crippen LogP contribution is -2.10. The van der Waals surface area contributed by atoms with Gasteiger partial charge in [0.2, 0.25) is 5.91 Å². The number of hydrogen-bond donors (Lipinski definition) is 1. The number of nitrogens with zero attached hydrogens (tertiary/aromatic N) is 1. The molecule has 0 unspecified atom stereocenters. The molecule has 0 radical (unpaired) electrons. The van der Waals surface area contributed by atoms with Crippen LogP contribution in [0.5, 0.6) is 0 Å². The molecule has 0 saturated heterocycles. The summed E-state index contributed by atoms with van der Waals surface area (Å²) in [5, 5.41) is 3.60. The monoisotopic (exact) mass is 302 g/mol. The summed E-state index contributed by atoms with van der Waals surface area (Å²) in [4.78, 5) is 17.5. The van der Waals surface area contributed by atoms with Crippen LogP contribution in [0.15, 0.2) is 18.2 Å². The van der Waals surface area contributed by atoms with Gasteiger partial charge >= 0.3 is 0 Å². The smallest absolute Gasteiger partial charge is 0.226 e. The highest BCUT2D eigenvalue weighted by Crippen LogP contribution is 2.31. The first kappa shape index (κ1) is 15.7. The van der Waals surface area contributed by atoms with Crippen molar-refractivity contribution in [3.05, 3.63) is 34.2 Å². The number of rotatable bonds is 5. The van der Waals surface area contributed by atoms with Crippen LogP contribution in [0.2, 0.25) is 0 Å². The van der Waals surface area contributed by atoms with Crippen LogP contribution in [0.25, 0.3) is 11.3 Å². The lowest BCUT2D eigenvalue weighted by molar-refractivity contribution is -0.116. The van der Waals surface area contributed by atoms with E-state index in [1.54, 1.807) is 0 Å². The Balaban J connectivity index is 2.19. The normalized spacial score (nSPS) is 10.7. The maximum absolute atomic E-state index is 11.8. The van der Waals surface area contributed by atoms with Crippen molar-refractivity contribution < 1.29 is 4.79 Å². The second-order valence-electron chi connectivity index (χ2n) is 5.37. The molecule has 1 N–H and O–H groups in total. The van der Waals surface area contributed by atoms with Crippen LogP contribution in [0.4, 0.5) is 5.13 Å². The largest absolute Gasteiger partial charge is 0.302 e. The van der Waals surface area contributed by atoms with E-state index in [1.807, 2.05) is 6.92 Å². The standard InChI is InChI=1S/C17H22N2OS/c1-5-6-7-15(20)18-17-19-16(13(4)21-17)14-9-8-11(2)12(3)10-14/h8-10H,5-7H2,1-4H3,(H,18,19,20). The molecule has 2 aromatic rings. The maximum atomic E-state index is 11.8. The first-order chi connectivity index (χ1) is 10.0. The molecule has 112 valence electrons. The number of aromatic nitrogens is 1. The Labute approximate surface area is 130 Å². The summed E-state index contributed by atoms with van der Waals surface area (Å²) in [5.74, 6) is 0.0530. The number of thiazole rings is 1. The number of benzene rings is 1. The molecule has 2 rings (SSSR count). The molecule has 0 bridgehead atoms. The van der Waals surface area contributed by atoms with Crippen LogP contribution in [0, 0.1) is 20.8 Å². The second-order valence-corrected chi connectivity index (χ2v) is 6.58. The summed E-state index contributed by atoms with van der Waals surface area (Å²) in [7, 11) is 0. The van der Waals surface area contributed by atoms with Crippen molar-refractivity contribution in [3.63, 3.8) is 0 Å². The molecule has 0 spiro atoms. The molecule has 1 aromatic heterocycles. The first-order valence-electron chi connectivity index (χ1n) is 7.36. The third kappa shape index (κ3) is 3.91. The zero-order valence-electron chi connectivity index (χ0n) is 13.1. The number of anilines is 1. The highest BCUT2D eigenvalue weighted by molar-refractivity contribution is 7.16. The number of carbonyl (C=O) groups is 1. The average molecular weight is 302 g/mol. The Morgan fingerprint density at radius 3 is 2.67 bits per heavy atom. The molecular weight excluding hydrogens is 280 g/mol. The minimum Gasteiger partial charge on any atom is -0.302 e. The van der Waals surface area contributed by atoms with Crippen LogP contribution >= 0.6 is 11.3 Å². The van der Waals surface area contributed by atoms with Gasteiger partial charge in [-0.1, -0.05) is 25.5 Å². The predicted molar refractivity (Wildman–Crippen MR) is 89.9 cm³/mol. The molecule has 0 aliphatic heterocycles. The van der Waals surface area contributed by atoms with Crippen molar-refractivity contribution in [3.8, 4) is 11.3 Å². The zero-order valence-corrected chi connectivity index (χ0v) is 13.9. The van der Waals surface area contributed by atoms with Gasteiger partial charge in [-0.15, -0.1) is 11.3 Å². The second kappa shape index (κ2) is 6.85. The van der Waals surface area contributed by atoms with Crippen molar-refractivity contribution in [2.75, 3.05) is 5.32 Å². The Morgan fingerprint density at radius 2 is 2.00 bits per heavy atom. The van der Waals surface area contributed by atoms with Gasteiger partial charge in [0.25, 0.3) is 0 Å². The average Bonchev–Trinajstić information content (AvgIpc) is 2.80. The van der Waals surface area contributed by atoms with E-state index in [2.05, 4.69) is 49.3 Å². The van der Waals surface area contributed by atoms with E-state index in [4.69, 9.17) is 0 Å². The van der Waals surface area contributed by atoms with E-state index in [0.29, 0.717) is 11.6 Å². The Morgan fingerprint density at radius 1 is 1.24 bits per heavy atom. The Kier molecular flexibility index (Phi) is 5.12. The third-order valence-corrected chi connectivity index (χ3v) is 4.47. The molecule has 1 aromatic carbocycles. The first-order valence-corrected chi connectivity index (χ1v) is 8.17. The fourth-order valence-electron chi connectivity index (χ4n) is 2.13. The van der Waals surface area contributed by atoms with E-state index in [9.17, 15) is 4.79 Å². The number of unbranched alkanes of at least 4 members (excludes halogenated alkanes) is 1. The van der Waals surface area contributed by atoms with E-state index < -0.39 is 0 Å². The van der Waals surface area contributed by atoms with E-state index >= 15 is 0 Å².